The van der Waals surface area contributed by atoms with Crippen molar-refractivity contribution < 1.29 is 18.7 Å². The Morgan fingerprint density at radius 1 is 1.27 bits per heavy atom. The van der Waals surface area contributed by atoms with Crippen LogP contribution in [-0.4, -0.2) is 43.5 Å². The van der Waals surface area contributed by atoms with Crippen molar-refractivity contribution in [3.05, 3.63) is 71.0 Å². The number of fused-ring (bicyclic) bond motifs is 1. The van der Waals surface area contributed by atoms with Crippen LogP contribution >= 0.6 is 0 Å². The molecule has 0 saturated heterocycles. The fourth-order valence-electron chi connectivity index (χ4n) is 3.10. The van der Waals surface area contributed by atoms with Gasteiger partial charge in [-0.15, -0.1) is 0 Å². The Bertz CT molecular complexity index is 822. The number of likely N-dealkylation sites (N-methyl/N-ethyl adjacent to an activating group) is 1. The van der Waals surface area contributed by atoms with Crippen molar-refractivity contribution in [3.63, 3.8) is 0 Å². The minimum absolute atomic E-state index is 0.193. The number of hydrogen-bond donors (Lipinski definition) is 1. The number of rotatable bonds is 5. The van der Waals surface area contributed by atoms with Crippen molar-refractivity contribution in [2.45, 2.75) is 18.6 Å². The SMILES string of the molecule is CN(C)[C@@H](CNC(=O)[C@H]1Cc2ccccc2C(=O)O1)c1cccc(F)c1. The molecule has 0 spiro atoms. The molecule has 136 valence electrons. The van der Waals surface area contributed by atoms with E-state index in [1.165, 1.54) is 12.1 Å². The van der Waals surface area contributed by atoms with Crippen LogP contribution < -0.4 is 5.32 Å². The smallest absolute Gasteiger partial charge is 0.339 e. The normalized spacial score (nSPS) is 17.4. The lowest BCUT2D eigenvalue weighted by Gasteiger charge is -2.27. The van der Waals surface area contributed by atoms with Gasteiger partial charge in [0.2, 0.25) is 0 Å². The zero-order valence-corrected chi connectivity index (χ0v) is 14.7. The van der Waals surface area contributed by atoms with E-state index in [1.54, 1.807) is 18.2 Å². The van der Waals surface area contributed by atoms with E-state index < -0.39 is 12.1 Å². The molecule has 0 radical (unpaired) electrons. The first kappa shape index (κ1) is 18.1. The Hall–Kier alpha value is -2.73. The molecule has 0 saturated carbocycles. The predicted molar refractivity (Wildman–Crippen MR) is 95.2 cm³/mol. The van der Waals surface area contributed by atoms with Gasteiger partial charge in [-0.1, -0.05) is 30.3 Å². The first-order chi connectivity index (χ1) is 12.5. The van der Waals surface area contributed by atoms with E-state index in [0.717, 1.165) is 11.1 Å². The van der Waals surface area contributed by atoms with E-state index in [1.807, 2.05) is 37.2 Å². The summed E-state index contributed by atoms with van der Waals surface area (Å²) < 4.78 is 18.8. The third-order valence-corrected chi connectivity index (χ3v) is 4.51. The standard InChI is InChI=1S/C20H21FN2O3/c1-23(2)17(14-7-5-8-15(21)10-14)12-22-19(24)18-11-13-6-3-4-9-16(13)20(25)26-18/h3-10,17-18H,11-12H2,1-2H3,(H,22,24)/t17-,18+/m0/s1. The zero-order valence-electron chi connectivity index (χ0n) is 14.7. The van der Waals surface area contributed by atoms with E-state index >= 15 is 0 Å². The number of hydrogen-bond acceptors (Lipinski definition) is 4. The highest BCUT2D eigenvalue weighted by Crippen LogP contribution is 2.21. The van der Waals surface area contributed by atoms with E-state index in [2.05, 4.69) is 5.32 Å². The number of nitrogens with one attached hydrogen (secondary N) is 1. The number of ether oxygens (including phenoxy) is 1. The summed E-state index contributed by atoms with van der Waals surface area (Å²) in [7, 11) is 3.72. The average molecular weight is 356 g/mol. The van der Waals surface area contributed by atoms with Gasteiger partial charge in [0, 0.05) is 13.0 Å². The van der Waals surface area contributed by atoms with Crippen LogP contribution in [0.25, 0.3) is 0 Å². The second kappa shape index (κ2) is 7.66. The minimum atomic E-state index is -0.854. The molecular weight excluding hydrogens is 335 g/mol. The fourth-order valence-corrected chi connectivity index (χ4v) is 3.10. The number of nitrogens with zero attached hydrogens (tertiary/aromatic N) is 1. The maximum absolute atomic E-state index is 13.5. The summed E-state index contributed by atoms with van der Waals surface area (Å²) >= 11 is 0. The first-order valence-corrected chi connectivity index (χ1v) is 8.44. The average Bonchev–Trinajstić information content (AvgIpc) is 2.61. The van der Waals surface area contributed by atoms with Crippen molar-refractivity contribution in [1.82, 2.24) is 10.2 Å². The summed E-state index contributed by atoms with van der Waals surface area (Å²) in [5, 5.41) is 2.82. The van der Waals surface area contributed by atoms with Gasteiger partial charge in [0.15, 0.2) is 6.10 Å². The molecule has 6 heteroatoms. The molecule has 2 atom stereocenters. The Morgan fingerprint density at radius 2 is 2.04 bits per heavy atom. The van der Waals surface area contributed by atoms with Gasteiger partial charge in [-0.05, 0) is 43.4 Å². The highest BCUT2D eigenvalue weighted by Gasteiger charge is 2.31. The van der Waals surface area contributed by atoms with Crippen molar-refractivity contribution in [3.8, 4) is 0 Å². The van der Waals surface area contributed by atoms with Crippen LogP contribution in [0.15, 0.2) is 48.5 Å². The van der Waals surface area contributed by atoms with E-state index in [9.17, 15) is 14.0 Å². The van der Waals surface area contributed by atoms with Crippen LogP contribution in [0.3, 0.4) is 0 Å². The summed E-state index contributed by atoms with van der Waals surface area (Å²) in [6.45, 7) is 0.283. The maximum Gasteiger partial charge on any atom is 0.339 e. The van der Waals surface area contributed by atoms with E-state index in [0.29, 0.717) is 12.0 Å². The van der Waals surface area contributed by atoms with Crippen molar-refractivity contribution >= 4 is 11.9 Å². The van der Waals surface area contributed by atoms with Crippen LogP contribution in [0, 0.1) is 5.82 Å². The number of carbonyl (C=O) groups excluding carboxylic acids is 2. The molecule has 2 aromatic rings. The number of cyclic esters (lactones) is 1. The molecule has 0 bridgehead atoms. The molecule has 2 aromatic carbocycles. The van der Waals surface area contributed by atoms with Gasteiger partial charge >= 0.3 is 5.97 Å². The molecule has 1 N–H and O–H groups in total. The lowest BCUT2D eigenvalue weighted by molar-refractivity contribution is -0.130. The second-order valence-electron chi connectivity index (χ2n) is 6.53. The summed E-state index contributed by atoms with van der Waals surface area (Å²) in [5.41, 5.74) is 2.07. The summed E-state index contributed by atoms with van der Waals surface area (Å²) in [6.07, 6.45) is -0.506. The van der Waals surface area contributed by atoms with Crippen LogP contribution in [-0.2, 0) is 16.0 Å². The number of carbonyl (C=O) groups is 2. The minimum Gasteiger partial charge on any atom is -0.448 e. The predicted octanol–water partition coefficient (Wildman–Crippen LogP) is 2.33. The molecule has 1 aliphatic rings. The van der Waals surface area contributed by atoms with E-state index in [-0.39, 0.29) is 24.3 Å². The molecule has 26 heavy (non-hydrogen) atoms. The molecule has 0 fully saturated rings. The molecule has 1 heterocycles. The Morgan fingerprint density at radius 3 is 2.77 bits per heavy atom. The highest BCUT2D eigenvalue weighted by molar-refractivity contribution is 5.95. The summed E-state index contributed by atoms with van der Waals surface area (Å²) in [5.74, 6) is -1.16. The number of amides is 1. The van der Waals surface area contributed by atoms with Crippen LogP contribution in [0.4, 0.5) is 4.39 Å². The zero-order chi connectivity index (χ0) is 18.7. The fraction of sp³-hybridized carbons (Fsp3) is 0.300. The molecule has 3 rings (SSSR count). The third kappa shape index (κ3) is 3.91. The molecular formula is C20H21FN2O3. The molecule has 1 aliphatic heterocycles. The molecule has 0 aliphatic carbocycles. The first-order valence-electron chi connectivity index (χ1n) is 8.44. The van der Waals surface area contributed by atoms with Crippen molar-refractivity contribution in [2.24, 2.45) is 0 Å². The Kier molecular flexibility index (Phi) is 5.32. The maximum atomic E-state index is 13.5. The van der Waals surface area contributed by atoms with Gasteiger partial charge in [0.05, 0.1) is 11.6 Å². The second-order valence-corrected chi connectivity index (χ2v) is 6.53. The van der Waals surface area contributed by atoms with Gasteiger partial charge < -0.3 is 15.0 Å². The molecule has 0 aromatic heterocycles. The highest BCUT2D eigenvalue weighted by atomic mass is 19.1. The number of halogens is 1. The van der Waals surface area contributed by atoms with Gasteiger partial charge in [0.25, 0.3) is 5.91 Å². The Labute approximate surface area is 151 Å². The van der Waals surface area contributed by atoms with E-state index in [4.69, 9.17) is 4.74 Å². The van der Waals surface area contributed by atoms with Crippen LogP contribution in [0.1, 0.15) is 27.5 Å². The quantitative estimate of drug-likeness (QED) is 0.836. The molecule has 5 nitrogen and oxygen atoms in total. The summed E-state index contributed by atoms with van der Waals surface area (Å²) in [4.78, 5) is 26.5. The number of benzene rings is 2. The van der Waals surface area contributed by atoms with Gasteiger partial charge in [-0.2, -0.15) is 0 Å². The van der Waals surface area contributed by atoms with Crippen LogP contribution in [0.2, 0.25) is 0 Å². The van der Waals surface area contributed by atoms with Crippen molar-refractivity contribution in [2.75, 3.05) is 20.6 Å². The van der Waals surface area contributed by atoms with Gasteiger partial charge in [0.1, 0.15) is 5.82 Å². The lowest BCUT2D eigenvalue weighted by Crippen LogP contribution is -2.44. The third-order valence-electron chi connectivity index (χ3n) is 4.51. The number of esters is 1. The Balaban J connectivity index is 1.67. The van der Waals surface area contributed by atoms with Gasteiger partial charge in [-0.3, -0.25) is 4.79 Å². The van der Waals surface area contributed by atoms with Crippen molar-refractivity contribution in [1.29, 1.82) is 0 Å². The monoisotopic (exact) mass is 356 g/mol. The topological polar surface area (TPSA) is 58.6 Å². The molecule has 1 amide bonds. The van der Waals surface area contributed by atoms with Crippen LogP contribution in [0.5, 0.6) is 0 Å². The summed E-state index contributed by atoms with van der Waals surface area (Å²) in [6, 6.07) is 13.2. The molecule has 0 unspecified atom stereocenters. The van der Waals surface area contributed by atoms with Gasteiger partial charge in [-0.25, -0.2) is 9.18 Å². The lowest BCUT2D eigenvalue weighted by atomic mass is 9.98. The largest absolute Gasteiger partial charge is 0.448 e.